The van der Waals surface area contributed by atoms with Crippen molar-refractivity contribution in [2.24, 2.45) is 0 Å². The van der Waals surface area contributed by atoms with Gasteiger partial charge < -0.3 is 9.72 Å². The standard InChI is InChI=1S/C17H12N4O3/c1-24-14-5-2-11(3-6-14)8-12(10-18)17-19-15-7-4-13(21(22)23)9-16(15)20-17/h2-9H,1H3,(H,19,20)/b12-8+. The number of non-ortho nitro benzene ring substituents is 1. The van der Waals surface area contributed by atoms with Gasteiger partial charge >= 0.3 is 0 Å². The zero-order valence-electron chi connectivity index (χ0n) is 12.7. The number of rotatable bonds is 4. The van der Waals surface area contributed by atoms with Crippen LogP contribution in [0, 0.1) is 21.4 Å². The summed E-state index contributed by atoms with van der Waals surface area (Å²) >= 11 is 0. The van der Waals surface area contributed by atoms with Crippen molar-refractivity contribution in [1.29, 1.82) is 5.26 Å². The Balaban J connectivity index is 2.00. The summed E-state index contributed by atoms with van der Waals surface area (Å²) in [7, 11) is 1.58. The van der Waals surface area contributed by atoms with Crippen molar-refractivity contribution in [1.82, 2.24) is 9.97 Å². The van der Waals surface area contributed by atoms with Crippen LogP contribution in [-0.2, 0) is 0 Å². The van der Waals surface area contributed by atoms with Gasteiger partial charge in [0.25, 0.3) is 5.69 Å². The van der Waals surface area contributed by atoms with Crippen LogP contribution in [0.25, 0.3) is 22.7 Å². The summed E-state index contributed by atoms with van der Waals surface area (Å²) in [5.74, 6) is 1.09. The number of H-pyrrole nitrogens is 1. The normalized spacial score (nSPS) is 11.2. The zero-order chi connectivity index (χ0) is 17.1. The van der Waals surface area contributed by atoms with E-state index in [0.717, 1.165) is 11.3 Å². The van der Waals surface area contributed by atoms with E-state index in [4.69, 9.17) is 4.74 Å². The average Bonchev–Trinajstić information content (AvgIpc) is 3.03. The number of methoxy groups -OCH3 is 1. The summed E-state index contributed by atoms with van der Waals surface area (Å²) in [4.78, 5) is 17.6. The summed E-state index contributed by atoms with van der Waals surface area (Å²) in [6.07, 6.45) is 1.69. The summed E-state index contributed by atoms with van der Waals surface area (Å²) < 4.78 is 5.10. The molecule has 2 aromatic carbocycles. The molecule has 1 aromatic heterocycles. The Morgan fingerprint density at radius 3 is 2.71 bits per heavy atom. The van der Waals surface area contributed by atoms with Crippen LogP contribution in [-0.4, -0.2) is 22.0 Å². The van der Waals surface area contributed by atoms with Crippen LogP contribution in [0.4, 0.5) is 5.69 Å². The topological polar surface area (TPSA) is 105 Å². The van der Waals surface area contributed by atoms with Crippen LogP contribution in [0.1, 0.15) is 11.4 Å². The highest BCUT2D eigenvalue weighted by Gasteiger charge is 2.12. The molecule has 1 N–H and O–H groups in total. The van der Waals surface area contributed by atoms with Crippen molar-refractivity contribution in [3.05, 3.63) is 64.0 Å². The quantitative estimate of drug-likeness (QED) is 0.449. The fourth-order valence-electron chi connectivity index (χ4n) is 2.26. The monoisotopic (exact) mass is 320 g/mol. The van der Waals surface area contributed by atoms with Gasteiger partial charge in [-0.25, -0.2) is 4.98 Å². The molecule has 0 fully saturated rings. The van der Waals surface area contributed by atoms with E-state index in [1.165, 1.54) is 12.1 Å². The molecule has 7 nitrogen and oxygen atoms in total. The van der Waals surface area contributed by atoms with E-state index in [1.807, 2.05) is 12.1 Å². The molecule has 3 rings (SSSR count). The van der Waals surface area contributed by atoms with Gasteiger partial charge in [0.05, 0.1) is 28.6 Å². The average molecular weight is 320 g/mol. The smallest absolute Gasteiger partial charge is 0.271 e. The minimum Gasteiger partial charge on any atom is -0.497 e. The van der Waals surface area contributed by atoms with Crippen LogP contribution in [0.5, 0.6) is 5.75 Å². The van der Waals surface area contributed by atoms with Gasteiger partial charge in [-0.15, -0.1) is 0 Å². The Kier molecular flexibility index (Phi) is 3.95. The third-order valence-corrected chi connectivity index (χ3v) is 3.48. The number of nitro benzene ring substituents is 1. The van der Waals surface area contributed by atoms with Gasteiger partial charge in [-0.05, 0) is 29.8 Å². The fourth-order valence-corrected chi connectivity index (χ4v) is 2.26. The van der Waals surface area contributed by atoms with Crippen LogP contribution < -0.4 is 4.74 Å². The van der Waals surface area contributed by atoms with Gasteiger partial charge in [-0.1, -0.05) is 12.1 Å². The minimum atomic E-state index is -0.474. The number of ether oxygens (including phenoxy) is 1. The number of nitro groups is 1. The molecule has 0 saturated heterocycles. The fraction of sp³-hybridized carbons (Fsp3) is 0.0588. The summed E-state index contributed by atoms with van der Waals surface area (Å²) in [5, 5.41) is 20.2. The van der Waals surface area contributed by atoms with Gasteiger partial charge in [-0.3, -0.25) is 10.1 Å². The third-order valence-electron chi connectivity index (χ3n) is 3.48. The number of benzene rings is 2. The zero-order valence-corrected chi connectivity index (χ0v) is 12.7. The first kappa shape index (κ1) is 15.2. The number of nitriles is 1. The molecule has 3 aromatic rings. The Morgan fingerprint density at radius 1 is 1.33 bits per heavy atom. The lowest BCUT2D eigenvalue weighted by atomic mass is 10.1. The maximum absolute atomic E-state index is 10.8. The third kappa shape index (κ3) is 2.94. The molecule has 7 heteroatoms. The second-order valence-electron chi connectivity index (χ2n) is 4.99. The van der Waals surface area contributed by atoms with Gasteiger partial charge in [-0.2, -0.15) is 5.26 Å². The molecule has 1 heterocycles. The first-order valence-electron chi connectivity index (χ1n) is 7.01. The lowest BCUT2D eigenvalue weighted by molar-refractivity contribution is -0.384. The molecule has 0 aliphatic carbocycles. The number of allylic oxidation sites excluding steroid dienone is 1. The predicted molar refractivity (Wildman–Crippen MR) is 89.2 cm³/mol. The molecular formula is C17H12N4O3. The van der Waals surface area contributed by atoms with E-state index in [9.17, 15) is 15.4 Å². The Labute approximate surface area is 137 Å². The van der Waals surface area contributed by atoms with Crippen molar-refractivity contribution < 1.29 is 9.66 Å². The lowest BCUT2D eigenvalue weighted by Gasteiger charge is -2.00. The molecular weight excluding hydrogens is 308 g/mol. The van der Waals surface area contributed by atoms with E-state index in [-0.39, 0.29) is 5.69 Å². The molecule has 118 valence electrons. The second-order valence-corrected chi connectivity index (χ2v) is 4.99. The molecule has 0 bridgehead atoms. The summed E-state index contributed by atoms with van der Waals surface area (Å²) in [6, 6.07) is 13.7. The molecule has 0 amide bonds. The van der Waals surface area contributed by atoms with Crippen molar-refractivity contribution in [2.75, 3.05) is 7.11 Å². The maximum Gasteiger partial charge on any atom is 0.271 e. The number of imidazole rings is 1. The van der Waals surface area contributed by atoms with Gasteiger partial charge in [0, 0.05) is 12.1 Å². The van der Waals surface area contributed by atoms with Crippen molar-refractivity contribution >= 4 is 28.4 Å². The summed E-state index contributed by atoms with van der Waals surface area (Å²) in [6.45, 7) is 0. The highest BCUT2D eigenvalue weighted by molar-refractivity contribution is 5.90. The number of nitrogens with one attached hydrogen (secondary N) is 1. The predicted octanol–water partition coefficient (Wildman–Crippen LogP) is 3.54. The van der Waals surface area contributed by atoms with E-state index in [0.29, 0.717) is 22.4 Å². The minimum absolute atomic E-state index is 0.0321. The number of aromatic nitrogens is 2. The highest BCUT2D eigenvalue weighted by atomic mass is 16.6. The van der Waals surface area contributed by atoms with E-state index in [1.54, 1.807) is 31.4 Å². The Bertz CT molecular complexity index is 981. The number of aromatic amines is 1. The van der Waals surface area contributed by atoms with Gasteiger partial charge in [0.2, 0.25) is 0 Å². The van der Waals surface area contributed by atoms with Crippen molar-refractivity contribution in [3.63, 3.8) is 0 Å². The van der Waals surface area contributed by atoms with Crippen LogP contribution in [0.3, 0.4) is 0 Å². The van der Waals surface area contributed by atoms with Crippen LogP contribution in [0.15, 0.2) is 42.5 Å². The number of fused-ring (bicyclic) bond motifs is 1. The first-order chi connectivity index (χ1) is 11.6. The van der Waals surface area contributed by atoms with Crippen molar-refractivity contribution in [3.8, 4) is 11.8 Å². The number of hydrogen-bond donors (Lipinski definition) is 1. The van der Waals surface area contributed by atoms with E-state index < -0.39 is 4.92 Å². The Hall–Kier alpha value is -3.66. The largest absolute Gasteiger partial charge is 0.497 e. The molecule has 0 spiro atoms. The molecule has 24 heavy (non-hydrogen) atoms. The second kappa shape index (κ2) is 6.22. The van der Waals surface area contributed by atoms with Crippen LogP contribution >= 0.6 is 0 Å². The van der Waals surface area contributed by atoms with Gasteiger partial charge in [0.1, 0.15) is 17.6 Å². The summed E-state index contributed by atoms with van der Waals surface area (Å²) in [5.41, 5.74) is 2.19. The van der Waals surface area contributed by atoms with Crippen molar-refractivity contribution in [2.45, 2.75) is 0 Å². The lowest BCUT2D eigenvalue weighted by Crippen LogP contribution is -1.86. The number of hydrogen-bond acceptors (Lipinski definition) is 5. The molecule has 0 atom stereocenters. The molecule has 0 radical (unpaired) electrons. The molecule has 0 aliphatic heterocycles. The maximum atomic E-state index is 10.8. The van der Waals surface area contributed by atoms with Crippen LogP contribution in [0.2, 0.25) is 0 Å². The SMILES string of the molecule is COc1ccc(/C=C(\C#N)c2nc3ccc([N+](=O)[O-])cc3[nH]2)cc1. The Morgan fingerprint density at radius 2 is 2.08 bits per heavy atom. The highest BCUT2D eigenvalue weighted by Crippen LogP contribution is 2.23. The molecule has 0 unspecified atom stereocenters. The van der Waals surface area contributed by atoms with E-state index in [2.05, 4.69) is 16.0 Å². The molecule has 0 aliphatic rings. The molecule has 0 saturated carbocycles. The van der Waals surface area contributed by atoms with E-state index >= 15 is 0 Å². The van der Waals surface area contributed by atoms with Gasteiger partial charge in [0.15, 0.2) is 0 Å². The first-order valence-corrected chi connectivity index (χ1v) is 7.01. The number of nitrogens with zero attached hydrogens (tertiary/aromatic N) is 3.